The van der Waals surface area contributed by atoms with Gasteiger partial charge in [0.25, 0.3) is 0 Å². The summed E-state index contributed by atoms with van der Waals surface area (Å²) in [4.78, 5) is 26.3. The molecule has 0 atom stereocenters. The molecule has 1 aliphatic rings. The molecule has 144 valence electrons. The topological polar surface area (TPSA) is 46.6 Å². The lowest BCUT2D eigenvalue weighted by Gasteiger charge is -2.23. The van der Waals surface area contributed by atoms with Crippen molar-refractivity contribution in [2.24, 2.45) is 0 Å². The molecule has 0 radical (unpaired) electrons. The number of halogens is 1. The molecular weight excluding hydrogens is 374 g/mol. The monoisotopic (exact) mass is 395 g/mol. The number of rotatable bonds is 5. The van der Waals surface area contributed by atoms with Crippen LogP contribution in [0.3, 0.4) is 0 Å². The molecule has 1 heterocycles. The number of ketones is 1. The zero-order valence-corrected chi connectivity index (χ0v) is 16.9. The van der Waals surface area contributed by atoms with Gasteiger partial charge in [0, 0.05) is 41.0 Å². The van der Waals surface area contributed by atoms with E-state index in [0.29, 0.717) is 10.6 Å². The molecule has 0 bridgehead atoms. The van der Waals surface area contributed by atoms with E-state index in [-0.39, 0.29) is 17.8 Å². The van der Waals surface area contributed by atoms with Crippen molar-refractivity contribution < 1.29 is 14.3 Å². The zero-order valence-electron chi connectivity index (χ0n) is 16.1. The van der Waals surface area contributed by atoms with E-state index >= 15 is 0 Å². The first-order valence-corrected chi connectivity index (χ1v) is 9.36. The molecule has 0 fully saturated rings. The van der Waals surface area contributed by atoms with Gasteiger partial charge in [-0.1, -0.05) is 61.8 Å². The Morgan fingerprint density at radius 3 is 2.50 bits per heavy atom. The molecule has 0 saturated heterocycles. The van der Waals surface area contributed by atoms with Crippen molar-refractivity contribution in [3.8, 4) is 0 Å². The second kappa shape index (κ2) is 8.03. The van der Waals surface area contributed by atoms with Gasteiger partial charge >= 0.3 is 5.97 Å². The van der Waals surface area contributed by atoms with Crippen LogP contribution in [0.5, 0.6) is 0 Å². The van der Waals surface area contributed by atoms with Gasteiger partial charge in [0.15, 0.2) is 12.4 Å². The number of hydrogen-bond donors (Lipinski definition) is 0. The minimum atomic E-state index is -0.589. The van der Waals surface area contributed by atoms with Crippen LogP contribution in [0, 0.1) is 0 Å². The average Bonchev–Trinajstić information content (AvgIpc) is 2.87. The standard InChI is InChI=1S/C23H22ClNO3/c1-23(2)18-9-5-7-11-20(18)25(3)21(23)14-17(26)15-28-22(27)13-12-16-8-4-6-10-19(16)24/h4-14H,15H2,1-3H3/b13-12+,21-14?. The van der Waals surface area contributed by atoms with Crippen LogP contribution in [0.2, 0.25) is 5.02 Å². The number of ether oxygens (including phenoxy) is 1. The van der Waals surface area contributed by atoms with E-state index in [9.17, 15) is 9.59 Å². The van der Waals surface area contributed by atoms with Crippen molar-refractivity contribution in [3.05, 3.63) is 82.5 Å². The van der Waals surface area contributed by atoms with Gasteiger partial charge in [-0.15, -0.1) is 0 Å². The summed E-state index contributed by atoms with van der Waals surface area (Å²) in [5.41, 5.74) is 3.53. The molecule has 0 saturated carbocycles. The molecule has 0 amide bonds. The number of hydrogen-bond acceptors (Lipinski definition) is 4. The lowest BCUT2D eigenvalue weighted by Crippen LogP contribution is -2.25. The Kier molecular flexibility index (Phi) is 5.71. The number of anilines is 1. The molecule has 0 spiro atoms. The number of benzene rings is 2. The maximum absolute atomic E-state index is 12.4. The highest BCUT2D eigenvalue weighted by Crippen LogP contribution is 2.46. The van der Waals surface area contributed by atoms with Gasteiger partial charge < -0.3 is 9.64 Å². The highest BCUT2D eigenvalue weighted by molar-refractivity contribution is 6.32. The van der Waals surface area contributed by atoms with Gasteiger partial charge in [0.2, 0.25) is 0 Å². The van der Waals surface area contributed by atoms with Gasteiger partial charge in [-0.3, -0.25) is 4.79 Å². The molecule has 3 rings (SSSR count). The number of allylic oxidation sites excluding steroid dienone is 1. The summed E-state index contributed by atoms with van der Waals surface area (Å²) in [7, 11) is 1.94. The Balaban J connectivity index is 1.64. The minimum absolute atomic E-state index is 0.262. The van der Waals surface area contributed by atoms with Crippen LogP contribution in [0.4, 0.5) is 5.69 Å². The van der Waals surface area contributed by atoms with Crippen LogP contribution in [0.15, 0.2) is 66.4 Å². The summed E-state index contributed by atoms with van der Waals surface area (Å²) >= 11 is 6.04. The second-order valence-corrected chi connectivity index (χ2v) is 7.57. The van der Waals surface area contributed by atoms with Gasteiger partial charge in [0.05, 0.1) is 0 Å². The number of esters is 1. The van der Waals surface area contributed by atoms with E-state index in [1.54, 1.807) is 24.3 Å². The molecule has 0 N–H and O–H groups in total. The zero-order chi connectivity index (χ0) is 20.3. The molecule has 5 heteroatoms. The number of carbonyl (C=O) groups excluding carboxylic acids is 2. The summed E-state index contributed by atoms with van der Waals surface area (Å²) in [6.45, 7) is 3.84. The van der Waals surface area contributed by atoms with E-state index < -0.39 is 5.97 Å². The molecule has 4 nitrogen and oxygen atoms in total. The van der Waals surface area contributed by atoms with Crippen molar-refractivity contribution in [3.63, 3.8) is 0 Å². The predicted octanol–water partition coefficient (Wildman–Crippen LogP) is 4.78. The Morgan fingerprint density at radius 1 is 1.11 bits per heavy atom. The van der Waals surface area contributed by atoms with E-state index in [1.165, 1.54) is 6.08 Å². The largest absolute Gasteiger partial charge is 0.454 e. The first-order valence-electron chi connectivity index (χ1n) is 8.98. The SMILES string of the molecule is CN1C(=CC(=O)COC(=O)/C=C/c2ccccc2Cl)C(C)(C)c2ccccc21. The van der Waals surface area contributed by atoms with Crippen LogP contribution in [-0.4, -0.2) is 25.4 Å². The van der Waals surface area contributed by atoms with E-state index in [0.717, 1.165) is 16.9 Å². The van der Waals surface area contributed by atoms with Crippen molar-refractivity contribution in [1.82, 2.24) is 0 Å². The smallest absolute Gasteiger partial charge is 0.331 e. The fourth-order valence-electron chi connectivity index (χ4n) is 3.41. The maximum Gasteiger partial charge on any atom is 0.331 e. The molecule has 2 aromatic carbocycles. The fourth-order valence-corrected chi connectivity index (χ4v) is 3.61. The van der Waals surface area contributed by atoms with E-state index in [4.69, 9.17) is 16.3 Å². The molecule has 1 aliphatic heterocycles. The van der Waals surface area contributed by atoms with Crippen LogP contribution < -0.4 is 4.90 Å². The highest BCUT2D eigenvalue weighted by atomic mass is 35.5. The first-order chi connectivity index (χ1) is 13.3. The second-order valence-electron chi connectivity index (χ2n) is 7.16. The van der Waals surface area contributed by atoms with Gasteiger partial charge in [-0.25, -0.2) is 4.79 Å². The first kappa shape index (κ1) is 19.9. The van der Waals surface area contributed by atoms with Gasteiger partial charge in [-0.05, 0) is 29.3 Å². The number of fused-ring (bicyclic) bond motifs is 1. The van der Waals surface area contributed by atoms with Crippen molar-refractivity contribution in [1.29, 1.82) is 0 Å². The number of carbonyl (C=O) groups is 2. The Labute approximate surface area is 170 Å². The number of likely N-dealkylation sites (N-methyl/N-ethyl adjacent to an activating group) is 1. The Hall–Kier alpha value is -2.85. The summed E-state index contributed by atoms with van der Waals surface area (Å²) in [5, 5.41) is 0.540. The normalized spacial score (nSPS) is 16.4. The lowest BCUT2D eigenvalue weighted by atomic mass is 9.83. The molecular formula is C23H22ClNO3. The summed E-state index contributed by atoms with van der Waals surface area (Å²) in [6.07, 6.45) is 4.40. The molecule has 28 heavy (non-hydrogen) atoms. The minimum Gasteiger partial charge on any atom is -0.454 e. The molecule has 0 aromatic heterocycles. The third kappa shape index (κ3) is 4.02. The van der Waals surface area contributed by atoms with Gasteiger partial charge in [0.1, 0.15) is 0 Å². The third-order valence-corrected chi connectivity index (χ3v) is 5.24. The van der Waals surface area contributed by atoms with Crippen LogP contribution in [0.25, 0.3) is 6.08 Å². The summed E-state index contributed by atoms with van der Waals surface area (Å²) in [6, 6.07) is 15.2. The van der Waals surface area contributed by atoms with E-state index in [2.05, 4.69) is 19.9 Å². The van der Waals surface area contributed by atoms with Gasteiger partial charge in [-0.2, -0.15) is 0 Å². The van der Waals surface area contributed by atoms with E-state index in [1.807, 2.05) is 42.3 Å². The van der Waals surface area contributed by atoms with Crippen molar-refractivity contribution in [2.75, 3.05) is 18.6 Å². The Bertz CT molecular complexity index is 975. The number of para-hydroxylation sites is 1. The molecule has 0 aliphatic carbocycles. The average molecular weight is 396 g/mol. The predicted molar refractivity (Wildman–Crippen MR) is 112 cm³/mol. The molecule has 0 unspecified atom stereocenters. The maximum atomic E-state index is 12.4. The Morgan fingerprint density at radius 2 is 1.79 bits per heavy atom. The third-order valence-electron chi connectivity index (χ3n) is 4.90. The summed E-state index contributed by atoms with van der Waals surface area (Å²) < 4.78 is 5.07. The lowest BCUT2D eigenvalue weighted by molar-refractivity contribution is -0.141. The van der Waals surface area contributed by atoms with Crippen molar-refractivity contribution in [2.45, 2.75) is 19.3 Å². The quantitative estimate of drug-likeness (QED) is 0.540. The highest BCUT2D eigenvalue weighted by Gasteiger charge is 2.38. The molecule has 2 aromatic rings. The van der Waals surface area contributed by atoms with Crippen molar-refractivity contribution >= 4 is 35.1 Å². The van der Waals surface area contributed by atoms with Crippen LogP contribution in [-0.2, 0) is 19.7 Å². The summed E-state index contributed by atoms with van der Waals surface area (Å²) in [5.74, 6) is -0.851. The van der Waals surface area contributed by atoms with Crippen LogP contribution in [0.1, 0.15) is 25.0 Å². The van der Waals surface area contributed by atoms with Crippen LogP contribution >= 0.6 is 11.6 Å². The fraction of sp³-hybridized carbons (Fsp3) is 0.217. The number of nitrogens with zero attached hydrogens (tertiary/aromatic N) is 1.